The highest BCUT2D eigenvalue weighted by molar-refractivity contribution is 6.26. The van der Waals surface area contributed by atoms with E-state index in [9.17, 15) is 19.8 Å². The van der Waals surface area contributed by atoms with Gasteiger partial charge in [0.1, 0.15) is 17.4 Å². The Bertz CT molecular complexity index is 836. The van der Waals surface area contributed by atoms with Crippen LogP contribution in [0.15, 0.2) is 47.3 Å². The summed E-state index contributed by atoms with van der Waals surface area (Å²) in [6, 6.07) is -0.919. The van der Waals surface area contributed by atoms with Crippen LogP contribution in [0, 0.1) is 29.1 Å². The summed E-state index contributed by atoms with van der Waals surface area (Å²) in [5.74, 6) is -0.128. The monoisotopic (exact) mass is 413 g/mol. The van der Waals surface area contributed by atoms with Crippen LogP contribution in [0.25, 0.3) is 0 Å². The first-order chi connectivity index (χ1) is 14.2. The minimum atomic E-state index is -0.919. The van der Waals surface area contributed by atoms with Gasteiger partial charge in [-0.2, -0.15) is 0 Å². The Hall–Kier alpha value is -2.14. The number of aliphatic hydroxyl groups is 2. The fourth-order valence-corrected chi connectivity index (χ4v) is 5.92. The molecule has 2 aliphatic carbocycles. The number of nitrogens with zero attached hydrogens (tertiary/aromatic N) is 1. The van der Waals surface area contributed by atoms with Gasteiger partial charge < -0.3 is 15.1 Å². The molecule has 0 bridgehead atoms. The molecular formula is C25H35NO4. The van der Waals surface area contributed by atoms with Gasteiger partial charge in [-0.3, -0.25) is 9.59 Å². The number of amides is 1. The van der Waals surface area contributed by atoms with Gasteiger partial charge in [0.2, 0.25) is 0 Å². The molecule has 3 aliphatic rings. The van der Waals surface area contributed by atoms with Gasteiger partial charge in [0.05, 0.1) is 6.61 Å². The van der Waals surface area contributed by atoms with Crippen molar-refractivity contribution in [3.05, 3.63) is 47.3 Å². The largest absolute Gasteiger partial charge is 0.511 e. The van der Waals surface area contributed by atoms with E-state index in [1.54, 1.807) is 0 Å². The molecule has 5 heteroatoms. The molecule has 1 amide bonds. The Labute approximate surface area is 179 Å². The second-order valence-corrected chi connectivity index (χ2v) is 9.47. The summed E-state index contributed by atoms with van der Waals surface area (Å²) in [5, 5.41) is 21.2. The number of ketones is 1. The van der Waals surface area contributed by atoms with Crippen LogP contribution in [0.2, 0.25) is 0 Å². The Morgan fingerprint density at radius 2 is 2.00 bits per heavy atom. The summed E-state index contributed by atoms with van der Waals surface area (Å²) in [6.07, 6.45) is 13.4. The van der Waals surface area contributed by atoms with Crippen LogP contribution in [0.3, 0.4) is 0 Å². The van der Waals surface area contributed by atoms with E-state index < -0.39 is 29.8 Å². The maximum absolute atomic E-state index is 13.0. The maximum atomic E-state index is 13.0. The fourth-order valence-electron chi connectivity index (χ4n) is 5.92. The summed E-state index contributed by atoms with van der Waals surface area (Å²) in [7, 11) is 1.50. The predicted octanol–water partition coefficient (Wildman–Crippen LogP) is 3.97. The molecule has 164 valence electrons. The molecule has 1 saturated carbocycles. The van der Waals surface area contributed by atoms with Gasteiger partial charge in [-0.25, -0.2) is 0 Å². The second kappa shape index (κ2) is 8.54. The summed E-state index contributed by atoms with van der Waals surface area (Å²) in [5.41, 5.74) is 0.259. The van der Waals surface area contributed by atoms with Crippen LogP contribution in [0.4, 0.5) is 0 Å². The molecule has 1 unspecified atom stereocenters. The third kappa shape index (κ3) is 3.47. The number of Topliss-reactive ketones (excluding diaryl/α,β-unsaturated/α-hetero) is 1. The van der Waals surface area contributed by atoms with Crippen molar-refractivity contribution in [1.82, 2.24) is 4.90 Å². The Morgan fingerprint density at radius 1 is 1.30 bits per heavy atom. The zero-order valence-electron chi connectivity index (χ0n) is 18.8. The van der Waals surface area contributed by atoms with Crippen molar-refractivity contribution in [3.63, 3.8) is 0 Å². The van der Waals surface area contributed by atoms with Crippen LogP contribution in [0.1, 0.15) is 47.0 Å². The molecule has 0 spiro atoms. The van der Waals surface area contributed by atoms with Gasteiger partial charge in [-0.1, -0.05) is 56.2 Å². The summed E-state index contributed by atoms with van der Waals surface area (Å²) in [6.45, 7) is 7.86. The Morgan fingerprint density at radius 3 is 2.60 bits per heavy atom. The average molecular weight is 414 g/mol. The second-order valence-electron chi connectivity index (χ2n) is 9.47. The van der Waals surface area contributed by atoms with Gasteiger partial charge in [-0.15, -0.1) is 0 Å². The van der Waals surface area contributed by atoms with Gasteiger partial charge >= 0.3 is 0 Å². The van der Waals surface area contributed by atoms with E-state index in [1.165, 1.54) is 11.9 Å². The molecular weight excluding hydrogens is 378 g/mol. The van der Waals surface area contributed by atoms with Gasteiger partial charge in [0.25, 0.3) is 5.91 Å². The Kier molecular flexibility index (Phi) is 6.42. The van der Waals surface area contributed by atoms with Crippen LogP contribution >= 0.6 is 0 Å². The number of aliphatic hydroxyl groups excluding tert-OH is 2. The zero-order valence-corrected chi connectivity index (χ0v) is 18.8. The number of allylic oxidation sites excluding steroid dienone is 7. The molecule has 5 nitrogen and oxygen atoms in total. The molecule has 1 aliphatic heterocycles. The molecule has 1 heterocycles. The van der Waals surface area contributed by atoms with E-state index in [1.807, 2.05) is 32.1 Å². The number of carbonyl (C=O) groups excluding carboxylic acids is 2. The van der Waals surface area contributed by atoms with Crippen LogP contribution < -0.4 is 0 Å². The van der Waals surface area contributed by atoms with Crippen LogP contribution in [0.5, 0.6) is 0 Å². The van der Waals surface area contributed by atoms with Crippen molar-refractivity contribution in [3.8, 4) is 0 Å². The van der Waals surface area contributed by atoms with Crippen molar-refractivity contribution >= 4 is 11.7 Å². The lowest BCUT2D eigenvalue weighted by Gasteiger charge is -2.52. The highest BCUT2D eigenvalue weighted by Crippen LogP contribution is 2.58. The van der Waals surface area contributed by atoms with Gasteiger partial charge in [0.15, 0.2) is 5.78 Å². The van der Waals surface area contributed by atoms with Gasteiger partial charge in [-0.05, 0) is 44.4 Å². The quantitative estimate of drug-likeness (QED) is 0.240. The number of likely N-dealkylation sites (N-methyl/N-ethyl adjacent to an activating group) is 1. The summed E-state index contributed by atoms with van der Waals surface area (Å²) in [4.78, 5) is 27.1. The fraction of sp³-hybridized carbons (Fsp3) is 0.600. The lowest BCUT2D eigenvalue weighted by atomic mass is 9.52. The first-order valence-corrected chi connectivity index (χ1v) is 11.0. The van der Waals surface area contributed by atoms with E-state index in [0.717, 1.165) is 24.8 Å². The number of hydrogen-bond donors (Lipinski definition) is 2. The van der Waals surface area contributed by atoms with E-state index in [2.05, 4.69) is 26.0 Å². The Balaban J connectivity index is 2.19. The molecule has 0 aromatic rings. The smallest absolute Gasteiger partial charge is 0.261 e. The topological polar surface area (TPSA) is 77.8 Å². The molecule has 6 atom stereocenters. The minimum absolute atomic E-state index is 0.104. The van der Waals surface area contributed by atoms with Crippen molar-refractivity contribution < 1.29 is 19.8 Å². The van der Waals surface area contributed by atoms with E-state index in [0.29, 0.717) is 11.8 Å². The highest BCUT2D eigenvalue weighted by atomic mass is 16.3. The van der Waals surface area contributed by atoms with Crippen molar-refractivity contribution in [2.75, 3.05) is 13.7 Å². The lowest BCUT2D eigenvalue weighted by Crippen LogP contribution is -2.46. The first-order valence-electron chi connectivity index (χ1n) is 11.0. The molecule has 2 fully saturated rings. The molecule has 1 saturated heterocycles. The van der Waals surface area contributed by atoms with Crippen LogP contribution in [-0.4, -0.2) is 46.5 Å². The summed E-state index contributed by atoms with van der Waals surface area (Å²) >= 11 is 0. The number of fused-ring (bicyclic) bond motifs is 1. The molecule has 0 aromatic heterocycles. The van der Waals surface area contributed by atoms with Crippen molar-refractivity contribution in [2.45, 2.75) is 53.0 Å². The molecule has 0 radical (unpaired) electrons. The number of likely N-dealkylation sites (tertiary alicyclic amines) is 1. The lowest BCUT2D eigenvalue weighted by molar-refractivity contribution is -0.126. The highest BCUT2D eigenvalue weighted by Gasteiger charge is 2.55. The number of hydrogen-bond acceptors (Lipinski definition) is 4. The first kappa shape index (κ1) is 22.5. The third-order valence-electron chi connectivity index (χ3n) is 7.62. The predicted molar refractivity (Wildman–Crippen MR) is 118 cm³/mol. The average Bonchev–Trinajstić information content (AvgIpc) is 2.91. The molecule has 3 rings (SSSR count). The van der Waals surface area contributed by atoms with Gasteiger partial charge in [0, 0.05) is 18.4 Å². The summed E-state index contributed by atoms with van der Waals surface area (Å²) < 4.78 is 0. The minimum Gasteiger partial charge on any atom is -0.511 e. The molecule has 30 heavy (non-hydrogen) atoms. The van der Waals surface area contributed by atoms with E-state index in [-0.39, 0.29) is 23.2 Å². The standard InChI is InChI=1S/C25H35NO4/c1-6-7-8-9-18-16(3)13-17-12-15(2)10-11-19(17)25(18,4)23(29)21-22(28)20(14-27)26(5)24(21)30/h6-9,13,15,17-20,27,29H,10-12,14H2,1-5H3/b7-6+,9-8+,23-21+/t15-,17?,18-,19-,20+,25-/m0/s1. The third-order valence-corrected chi connectivity index (χ3v) is 7.62. The maximum Gasteiger partial charge on any atom is 0.261 e. The van der Waals surface area contributed by atoms with E-state index in [4.69, 9.17) is 0 Å². The number of rotatable bonds is 4. The number of carbonyl (C=O) groups is 2. The molecule has 0 aromatic carbocycles. The van der Waals surface area contributed by atoms with Crippen molar-refractivity contribution in [1.29, 1.82) is 0 Å². The SMILES string of the molecule is C/C=C/C=C/[C@H]1C(C)=CC2C[C@@H](C)CC[C@@H]2[C@@]1(C)/C(O)=C1/C(=O)[C@@H](CO)N(C)C1=O. The van der Waals surface area contributed by atoms with Crippen molar-refractivity contribution in [2.24, 2.45) is 29.1 Å². The normalized spacial score (nSPS) is 39.1. The van der Waals surface area contributed by atoms with Crippen LogP contribution in [-0.2, 0) is 9.59 Å². The molecule has 2 N–H and O–H groups in total. The van der Waals surface area contributed by atoms with E-state index >= 15 is 0 Å². The zero-order chi connectivity index (χ0) is 22.2.